The van der Waals surface area contributed by atoms with E-state index in [0.717, 1.165) is 65.3 Å². The molecular weight excluding hydrogens is 320 g/mol. The van der Waals surface area contributed by atoms with Crippen molar-refractivity contribution in [3.8, 4) is 0 Å². The second kappa shape index (κ2) is 9.50. The van der Waals surface area contributed by atoms with Gasteiger partial charge >= 0.3 is 0 Å². The van der Waals surface area contributed by atoms with E-state index in [0.29, 0.717) is 19.6 Å². The van der Waals surface area contributed by atoms with Gasteiger partial charge in [0, 0.05) is 58.3 Å². The van der Waals surface area contributed by atoms with Crippen molar-refractivity contribution in [2.45, 2.75) is 38.1 Å². The molecule has 3 aliphatic heterocycles. The average Bonchev–Trinajstić information content (AvgIpc) is 2.92. The topological polar surface area (TPSA) is 65.1 Å². The molecule has 0 aliphatic carbocycles. The molecule has 2 amide bonds. The summed E-state index contributed by atoms with van der Waals surface area (Å²) in [4.78, 5) is 31.1. The molecule has 0 spiro atoms. The molecule has 142 valence electrons. The van der Waals surface area contributed by atoms with Gasteiger partial charge in [0.15, 0.2) is 0 Å². The lowest BCUT2D eigenvalue weighted by Crippen LogP contribution is -2.53. The Hall–Kier alpha value is -1.18. The van der Waals surface area contributed by atoms with Gasteiger partial charge in [-0.3, -0.25) is 14.5 Å². The molecular formula is C18H32N4O3. The number of carbonyl (C=O) groups is 2. The van der Waals surface area contributed by atoms with Crippen molar-refractivity contribution in [3.05, 3.63) is 0 Å². The van der Waals surface area contributed by atoms with Gasteiger partial charge in [0.05, 0.1) is 19.8 Å². The van der Waals surface area contributed by atoms with E-state index in [1.165, 1.54) is 12.8 Å². The van der Waals surface area contributed by atoms with Crippen LogP contribution in [0.3, 0.4) is 0 Å². The van der Waals surface area contributed by atoms with Crippen LogP contribution in [0, 0.1) is 0 Å². The van der Waals surface area contributed by atoms with Crippen LogP contribution in [-0.2, 0) is 14.3 Å². The van der Waals surface area contributed by atoms with Crippen molar-refractivity contribution in [1.29, 1.82) is 0 Å². The number of morpholine rings is 1. The van der Waals surface area contributed by atoms with E-state index in [1.54, 1.807) is 0 Å². The Labute approximate surface area is 150 Å². The number of piperazine rings is 1. The highest BCUT2D eigenvalue weighted by Gasteiger charge is 2.26. The first-order valence-electron chi connectivity index (χ1n) is 9.81. The first-order chi connectivity index (χ1) is 12.2. The fourth-order valence-corrected chi connectivity index (χ4v) is 3.86. The molecule has 3 heterocycles. The van der Waals surface area contributed by atoms with Crippen molar-refractivity contribution in [2.75, 3.05) is 65.6 Å². The Morgan fingerprint density at radius 3 is 2.20 bits per heavy atom. The summed E-state index contributed by atoms with van der Waals surface area (Å²) < 4.78 is 5.41. The van der Waals surface area contributed by atoms with Crippen LogP contribution in [0.4, 0.5) is 0 Å². The van der Waals surface area contributed by atoms with Gasteiger partial charge in [0.2, 0.25) is 11.8 Å². The number of amides is 2. The van der Waals surface area contributed by atoms with Crippen LogP contribution in [0.2, 0.25) is 0 Å². The maximum absolute atomic E-state index is 12.5. The van der Waals surface area contributed by atoms with E-state index in [4.69, 9.17) is 4.74 Å². The second-order valence-corrected chi connectivity index (χ2v) is 7.38. The molecule has 7 nitrogen and oxygen atoms in total. The Morgan fingerprint density at radius 2 is 1.56 bits per heavy atom. The SMILES string of the molecule is O=C(CC1COCCN1)N1CCN(CC(=O)N2CCCCCC2)CC1. The molecule has 1 unspecified atom stereocenters. The van der Waals surface area contributed by atoms with Gasteiger partial charge in [0.25, 0.3) is 0 Å². The highest BCUT2D eigenvalue weighted by atomic mass is 16.5. The molecule has 1 N–H and O–H groups in total. The van der Waals surface area contributed by atoms with E-state index < -0.39 is 0 Å². The number of nitrogens with one attached hydrogen (secondary N) is 1. The van der Waals surface area contributed by atoms with Gasteiger partial charge < -0.3 is 19.9 Å². The molecule has 0 bridgehead atoms. The van der Waals surface area contributed by atoms with Crippen molar-refractivity contribution in [1.82, 2.24) is 20.0 Å². The minimum atomic E-state index is 0.142. The molecule has 0 saturated carbocycles. The van der Waals surface area contributed by atoms with Crippen LogP contribution >= 0.6 is 0 Å². The summed E-state index contributed by atoms with van der Waals surface area (Å²) in [7, 11) is 0. The lowest BCUT2D eigenvalue weighted by Gasteiger charge is -2.36. The molecule has 0 aromatic rings. The highest BCUT2D eigenvalue weighted by Crippen LogP contribution is 2.11. The number of hydrogen-bond acceptors (Lipinski definition) is 5. The molecule has 3 aliphatic rings. The summed E-state index contributed by atoms with van der Waals surface area (Å²) in [5.74, 6) is 0.451. The number of carbonyl (C=O) groups excluding carboxylic acids is 2. The third-order valence-electron chi connectivity index (χ3n) is 5.46. The molecule has 1 atom stereocenters. The number of ether oxygens (including phenoxy) is 1. The zero-order chi connectivity index (χ0) is 17.5. The summed E-state index contributed by atoms with van der Waals surface area (Å²) >= 11 is 0. The lowest BCUT2D eigenvalue weighted by molar-refractivity contribution is -0.135. The smallest absolute Gasteiger partial charge is 0.236 e. The number of nitrogens with zero attached hydrogens (tertiary/aromatic N) is 3. The van der Waals surface area contributed by atoms with Gasteiger partial charge in [-0.2, -0.15) is 0 Å². The number of likely N-dealkylation sites (tertiary alicyclic amines) is 1. The van der Waals surface area contributed by atoms with Crippen LogP contribution in [0.1, 0.15) is 32.1 Å². The Kier molecular flexibility index (Phi) is 7.07. The summed E-state index contributed by atoms with van der Waals surface area (Å²) in [5.41, 5.74) is 0. The van der Waals surface area contributed by atoms with E-state index in [9.17, 15) is 9.59 Å². The van der Waals surface area contributed by atoms with E-state index >= 15 is 0 Å². The molecule has 0 radical (unpaired) electrons. The average molecular weight is 352 g/mol. The maximum Gasteiger partial charge on any atom is 0.236 e. The van der Waals surface area contributed by atoms with Crippen LogP contribution in [0.25, 0.3) is 0 Å². The fraction of sp³-hybridized carbons (Fsp3) is 0.889. The van der Waals surface area contributed by atoms with E-state index in [-0.39, 0.29) is 17.9 Å². The van der Waals surface area contributed by atoms with Crippen LogP contribution in [0.15, 0.2) is 0 Å². The third-order valence-corrected chi connectivity index (χ3v) is 5.46. The quantitative estimate of drug-likeness (QED) is 0.766. The van der Waals surface area contributed by atoms with Gasteiger partial charge in [-0.15, -0.1) is 0 Å². The zero-order valence-electron chi connectivity index (χ0n) is 15.3. The third kappa shape index (κ3) is 5.66. The van der Waals surface area contributed by atoms with Gasteiger partial charge in [-0.25, -0.2) is 0 Å². The van der Waals surface area contributed by atoms with Crippen molar-refractivity contribution in [3.63, 3.8) is 0 Å². The predicted octanol–water partition coefficient (Wildman–Crippen LogP) is -0.0883. The molecule has 3 fully saturated rings. The van der Waals surface area contributed by atoms with Crippen LogP contribution in [0.5, 0.6) is 0 Å². The zero-order valence-corrected chi connectivity index (χ0v) is 15.3. The summed E-state index contributed by atoms with van der Waals surface area (Å²) in [6.07, 6.45) is 5.25. The van der Waals surface area contributed by atoms with E-state index in [2.05, 4.69) is 10.2 Å². The Bertz CT molecular complexity index is 438. The second-order valence-electron chi connectivity index (χ2n) is 7.38. The highest BCUT2D eigenvalue weighted by molar-refractivity contribution is 5.78. The first kappa shape index (κ1) is 18.6. The normalized spacial score (nSPS) is 26.3. The predicted molar refractivity (Wildman–Crippen MR) is 95.3 cm³/mol. The molecule has 7 heteroatoms. The van der Waals surface area contributed by atoms with Gasteiger partial charge in [-0.05, 0) is 12.8 Å². The van der Waals surface area contributed by atoms with Crippen molar-refractivity contribution >= 4 is 11.8 Å². The fourth-order valence-electron chi connectivity index (χ4n) is 3.86. The van der Waals surface area contributed by atoms with Crippen molar-refractivity contribution in [2.24, 2.45) is 0 Å². The number of rotatable bonds is 4. The molecule has 3 saturated heterocycles. The minimum Gasteiger partial charge on any atom is -0.378 e. The molecule has 0 aromatic carbocycles. The van der Waals surface area contributed by atoms with Gasteiger partial charge in [-0.1, -0.05) is 12.8 Å². The summed E-state index contributed by atoms with van der Waals surface area (Å²) in [6.45, 7) is 7.52. The maximum atomic E-state index is 12.5. The molecule has 0 aromatic heterocycles. The van der Waals surface area contributed by atoms with E-state index in [1.807, 2.05) is 9.80 Å². The molecule has 3 rings (SSSR count). The Morgan fingerprint density at radius 1 is 0.880 bits per heavy atom. The van der Waals surface area contributed by atoms with Crippen molar-refractivity contribution < 1.29 is 14.3 Å². The Balaban J connectivity index is 1.37. The lowest BCUT2D eigenvalue weighted by atomic mass is 10.1. The van der Waals surface area contributed by atoms with Crippen LogP contribution in [-0.4, -0.2) is 98.1 Å². The van der Waals surface area contributed by atoms with Crippen LogP contribution < -0.4 is 5.32 Å². The molecule has 25 heavy (non-hydrogen) atoms. The standard InChI is InChI=1S/C18H32N4O3/c23-17(13-16-15-25-12-5-19-16)22-10-8-20(9-11-22)14-18(24)21-6-3-1-2-4-7-21/h16,19H,1-15H2. The summed E-state index contributed by atoms with van der Waals surface area (Å²) in [6, 6.07) is 0.142. The van der Waals surface area contributed by atoms with Gasteiger partial charge in [0.1, 0.15) is 0 Å². The number of hydrogen-bond donors (Lipinski definition) is 1. The minimum absolute atomic E-state index is 0.142. The monoisotopic (exact) mass is 352 g/mol. The largest absolute Gasteiger partial charge is 0.378 e. The summed E-state index contributed by atoms with van der Waals surface area (Å²) in [5, 5.41) is 3.33. The first-order valence-corrected chi connectivity index (χ1v) is 9.81.